The summed E-state index contributed by atoms with van der Waals surface area (Å²) in [7, 11) is 1.61. The predicted molar refractivity (Wildman–Crippen MR) is 74.0 cm³/mol. The Kier molecular flexibility index (Phi) is 4.42. The fourth-order valence-electron chi connectivity index (χ4n) is 1.89. The van der Waals surface area contributed by atoms with Crippen LogP contribution in [-0.4, -0.2) is 28.6 Å². The standard InChI is InChI=1S/C13H16ClN3O2/c1-19-6-5-17-12(11(14)8-16-17)13(18)9-3-2-4-10(15)7-9/h2-4,7-8,13,18H,5-6,15H2,1H3. The Labute approximate surface area is 116 Å². The summed E-state index contributed by atoms with van der Waals surface area (Å²) in [6, 6.07) is 7.07. The van der Waals surface area contributed by atoms with Crippen LogP contribution >= 0.6 is 11.6 Å². The molecule has 19 heavy (non-hydrogen) atoms. The highest BCUT2D eigenvalue weighted by molar-refractivity contribution is 6.31. The molecule has 2 rings (SSSR count). The van der Waals surface area contributed by atoms with Crippen molar-refractivity contribution in [3.05, 3.63) is 46.7 Å². The minimum absolute atomic E-state index is 0.422. The molecular formula is C13H16ClN3O2. The maximum Gasteiger partial charge on any atom is 0.122 e. The van der Waals surface area contributed by atoms with Crippen LogP contribution in [0.15, 0.2) is 30.5 Å². The van der Waals surface area contributed by atoms with E-state index in [0.717, 1.165) is 0 Å². The number of rotatable bonds is 5. The van der Waals surface area contributed by atoms with Gasteiger partial charge in [0, 0.05) is 12.8 Å². The smallest absolute Gasteiger partial charge is 0.122 e. The summed E-state index contributed by atoms with van der Waals surface area (Å²) >= 11 is 6.09. The Morgan fingerprint density at radius 2 is 2.32 bits per heavy atom. The maximum atomic E-state index is 10.4. The second-order valence-electron chi connectivity index (χ2n) is 4.17. The van der Waals surface area contributed by atoms with Gasteiger partial charge in [-0.15, -0.1) is 0 Å². The maximum absolute atomic E-state index is 10.4. The molecule has 0 spiro atoms. The highest BCUT2D eigenvalue weighted by Gasteiger charge is 2.19. The van der Waals surface area contributed by atoms with E-state index in [0.29, 0.717) is 35.1 Å². The van der Waals surface area contributed by atoms with Crippen LogP contribution in [0.3, 0.4) is 0 Å². The Morgan fingerprint density at radius 3 is 3.00 bits per heavy atom. The van der Waals surface area contributed by atoms with E-state index in [1.165, 1.54) is 6.20 Å². The van der Waals surface area contributed by atoms with E-state index in [4.69, 9.17) is 22.1 Å². The zero-order chi connectivity index (χ0) is 13.8. The second-order valence-corrected chi connectivity index (χ2v) is 4.57. The molecule has 1 unspecified atom stereocenters. The lowest BCUT2D eigenvalue weighted by atomic mass is 10.1. The number of ether oxygens (including phenoxy) is 1. The topological polar surface area (TPSA) is 73.3 Å². The van der Waals surface area contributed by atoms with Gasteiger partial charge in [-0.3, -0.25) is 4.68 Å². The van der Waals surface area contributed by atoms with E-state index in [1.807, 2.05) is 0 Å². The average Bonchev–Trinajstić information content (AvgIpc) is 2.76. The number of anilines is 1. The number of nitrogens with two attached hydrogens (primary N) is 1. The van der Waals surface area contributed by atoms with Crippen molar-refractivity contribution < 1.29 is 9.84 Å². The minimum atomic E-state index is -0.865. The van der Waals surface area contributed by atoms with Crippen LogP contribution in [0.2, 0.25) is 5.02 Å². The van der Waals surface area contributed by atoms with Crippen molar-refractivity contribution in [2.45, 2.75) is 12.6 Å². The van der Waals surface area contributed by atoms with E-state index < -0.39 is 6.10 Å². The van der Waals surface area contributed by atoms with Crippen molar-refractivity contribution in [2.24, 2.45) is 0 Å². The summed E-state index contributed by atoms with van der Waals surface area (Å²) in [5, 5.41) is 15.0. The van der Waals surface area contributed by atoms with Gasteiger partial charge in [-0.05, 0) is 17.7 Å². The number of nitrogens with zero attached hydrogens (tertiary/aromatic N) is 2. The number of nitrogen functional groups attached to an aromatic ring is 1. The van der Waals surface area contributed by atoms with E-state index in [9.17, 15) is 5.11 Å². The summed E-state index contributed by atoms with van der Waals surface area (Å²) in [6.07, 6.45) is 0.651. The molecule has 5 nitrogen and oxygen atoms in total. The van der Waals surface area contributed by atoms with Gasteiger partial charge in [-0.2, -0.15) is 5.10 Å². The normalized spacial score (nSPS) is 12.6. The van der Waals surface area contributed by atoms with E-state index in [2.05, 4.69) is 5.10 Å². The highest BCUT2D eigenvalue weighted by Crippen LogP contribution is 2.28. The van der Waals surface area contributed by atoms with Gasteiger partial charge in [-0.25, -0.2) is 0 Å². The van der Waals surface area contributed by atoms with Crippen LogP contribution < -0.4 is 5.73 Å². The van der Waals surface area contributed by atoms with Crippen LogP contribution in [0, 0.1) is 0 Å². The van der Waals surface area contributed by atoms with Crippen LogP contribution in [0.1, 0.15) is 17.4 Å². The van der Waals surface area contributed by atoms with E-state index >= 15 is 0 Å². The Hall–Kier alpha value is -1.56. The van der Waals surface area contributed by atoms with Gasteiger partial charge in [0.25, 0.3) is 0 Å². The molecule has 1 aromatic carbocycles. The molecule has 1 aromatic heterocycles. The molecule has 1 heterocycles. The molecule has 2 aromatic rings. The van der Waals surface area contributed by atoms with Crippen LogP contribution in [-0.2, 0) is 11.3 Å². The van der Waals surface area contributed by atoms with Crippen molar-refractivity contribution in [2.75, 3.05) is 19.5 Å². The number of aliphatic hydroxyl groups excluding tert-OH is 1. The Morgan fingerprint density at radius 1 is 1.53 bits per heavy atom. The number of aromatic nitrogens is 2. The molecule has 6 heteroatoms. The van der Waals surface area contributed by atoms with Gasteiger partial charge in [0.15, 0.2) is 0 Å². The molecule has 0 radical (unpaired) electrons. The lowest BCUT2D eigenvalue weighted by Gasteiger charge is -2.14. The first kappa shape index (κ1) is 13.9. The molecule has 0 saturated heterocycles. The zero-order valence-electron chi connectivity index (χ0n) is 10.6. The van der Waals surface area contributed by atoms with Crippen LogP contribution in [0.5, 0.6) is 0 Å². The molecule has 3 N–H and O–H groups in total. The molecule has 0 fully saturated rings. The lowest BCUT2D eigenvalue weighted by Crippen LogP contribution is -2.13. The SMILES string of the molecule is COCCn1ncc(Cl)c1C(O)c1cccc(N)c1. The summed E-state index contributed by atoms with van der Waals surface area (Å²) < 4.78 is 6.65. The molecular weight excluding hydrogens is 266 g/mol. The van der Waals surface area contributed by atoms with Crippen molar-refractivity contribution in [3.63, 3.8) is 0 Å². The predicted octanol–water partition coefficient (Wildman–Crippen LogP) is 1.85. The minimum Gasteiger partial charge on any atom is -0.399 e. The summed E-state index contributed by atoms with van der Waals surface area (Å²) in [4.78, 5) is 0. The molecule has 0 saturated carbocycles. The highest BCUT2D eigenvalue weighted by atomic mass is 35.5. The number of hydrogen-bond acceptors (Lipinski definition) is 4. The first-order valence-electron chi connectivity index (χ1n) is 5.87. The second kappa shape index (κ2) is 6.06. The van der Waals surface area contributed by atoms with Crippen molar-refractivity contribution in [3.8, 4) is 0 Å². The van der Waals surface area contributed by atoms with Gasteiger partial charge < -0.3 is 15.6 Å². The van der Waals surface area contributed by atoms with Gasteiger partial charge in [0.2, 0.25) is 0 Å². The number of hydrogen-bond donors (Lipinski definition) is 2. The summed E-state index contributed by atoms with van der Waals surface area (Å²) in [6.45, 7) is 1.02. The quantitative estimate of drug-likeness (QED) is 0.820. The number of aliphatic hydroxyl groups is 1. The molecule has 0 aliphatic rings. The fourth-order valence-corrected chi connectivity index (χ4v) is 2.13. The van der Waals surface area contributed by atoms with Gasteiger partial charge in [0.1, 0.15) is 6.10 Å². The van der Waals surface area contributed by atoms with Gasteiger partial charge >= 0.3 is 0 Å². The molecule has 1 atom stereocenters. The number of methoxy groups -OCH3 is 1. The van der Waals surface area contributed by atoms with E-state index in [1.54, 1.807) is 36.1 Å². The third-order valence-corrected chi connectivity index (χ3v) is 3.12. The number of halogens is 1. The number of benzene rings is 1. The Balaban J connectivity index is 2.32. The Bertz CT molecular complexity index is 557. The van der Waals surface area contributed by atoms with Crippen LogP contribution in [0.25, 0.3) is 0 Å². The third kappa shape index (κ3) is 3.07. The van der Waals surface area contributed by atoms with Crippen molar-refractivity contribution in [1.82, 2.24) is 9.78 Å². The lowest BCUT2D eigenvalue weighted by molar-refractivity contribution is 0.171. The van der Waals surface area contributed by atoms with Gasteiger partial charge in [0.05, 0.1) is 30.1 Å². The van der Waals surface area contributed by atoms with E-state index in [-0.39, 0.29) is 0 Å². The zero-order valence-corrected chi connectivity index (χ0v) is 11.3. The van der Waals surface area contributed by atoms with Crippen LogP contribution in [0.4, 0.5) is 5.69 Å². The summed E-state index contributed by atoms with van der Waals surface area (Å²) in [5.41, 5.74) is 7.54. The first-order valence-corrected chi connectivity index (χ1v) is 6.25. The van der Waals surface area contributed by atoms with Crippen molar-refractivity contribution in [1.29, 1.82) is 0 Å². The molecule has 102 valence electrons. The monoisotopic (exact) mass is 281 g/mol. The average molecular weight is 282 g/mol. The molecule has 0 amide bonds. The van der Waals surface area contributed by atoms with Crippen molar-refractivity contribution >= 4 is 17.3 Å². The molecule has 0 aliphatic heterocycles. The van der Waals surface area contributed by atoms with Gasteiger partial charge in [-0.1, -0.05) is 23.7 Å². The first-order chi connectivity index (χ1) is 9.13. The fraction of sp³-hybridized carbons (Fsp3) is 0.308. The molecule has 0 bridgehead atoms. The summed E-state index contributed by atoms with van der Waals surface area (Å²) in [5.74, 6) is 0. The molecule has 0 aliphatic carbocycles. The largest absolute Gasteiger partial charge is 0.399 e. The third-order valence-electron chi connectivity index (χ3n) is 2.83.